The standard InChI is InChI=1S/C13H13Cl3N2S/c14-5-13-17-11-3-9(15)10(16)4-12(11)18(13)6-8-1-2-19-7-8/h3-4,8H,1-2,5-7H2. The zero-order chi connectivity index (χ0) is 13.4. The molecule has 1 aromatic carbocycles. The van der Waals surface area contributed by atoms with Gasteiger partial charge < -0.3 is 4.57 Å². The fraction of sp³-hybridized carbons (Fsp3) is 0.462. The molecule has 19 heavy (non-hydrogen) atoms. The molecular weight excluding hydrogens is 323 g/mol. The first kappa shape index (κ1) is 13.9. The number of hydrogen-bond donors (Lipinski definition) is 0. The second-order valence-electron chi connectivity index (χ2n) is 4.76. The van der Waals surface area contributed by atoms with Gasteiger partial charge in [0.15, 0.2) is 0 Å². The summed E-state index contributed by atoms with van der Waals surface area (Å²) in [7, 11) is 0. The van der Waals surface area contributed by atoms with E-state index >= 15 is 0 Å². The Balaban J connectivity index is 2.06. The number of alkyl halides is 1. The van der Waals surface area contributed by atoms with Crippen LogP contribution in [-0.4, -0.2) is 21.1 Å². The zero-order valence-corrected chi connectivity index (χ0v) is 13.3. The Morgan fingerprint density at radius 3 is 2.79 bits per heavy atom. The molecule has 0 amide bonds. The smallest absolute Gasteiger partial charge is 0.124 e. The summed E-state index contributed by atoms with van der Waals surface area (Å²) in [6.07, 6.45) is 1.26. The first-order chi connectivity index (χ1) is 9.19. The van der Waals surface area contributed by atoms with Gasteiger partial charge in [-0.25, -0.2) is 4.98 Å². The van der Waals surface area contributed by atoms with E-state index in [-0.39, 0.29) is 0 Å². The minimum absolute atomic E-state index is 0.407. The molecule has 0 bridgehead atoms. The maximum Gasteiger partial charge on any atom is 0.124 e. The lowest BCUT2D eigenvalue weighted by molar-refractivity contribution is 0.493. The number of benzene rings is 1. The Kier molecular flexibility index (Phi) is 4.18. The van der Waals surface area contributed by atoms with E-state index < -0.39 is 0 Å². The summed E-state index contributed by atoms with van der Waals surface area (Å²) in [5.41, 5.74) is 1.90. The summed E-state index contributed by atoms with van der Waals surface area (Å²) < 4.78 is 2.20. The van der Waals surface area contributed by atoms with Crippen LogP contribution in [0.15, 0.2) is 12.1 Å². The van der Waals surface area contributed by atoms with E-state index in [4.69, 9.17) is 34.8 Å². The number of hydrogen-bond acceptors (Lipinski definition) is 2. The van der Waals surface area contributed by atoms with Crippen molar-refractivity contribution in [2.24, 2.45) is 5.92 Å². The van der Waals surface area contributed by atoms with Gasteiger partial charge >= 0.3 is 0 Å². The third-order valence-corrected chi connectivity index (χ3v) is 5.65. The molecule has 1 aliphatic rings. The molecule has 0 aliphatic carbocycles. The van der Waals surface area contributed by atoms with Gasteiger partial charge in [0.25, 0.3) is 0 Å². The van der Waals surface area contributed by atoms with Crippen LogP contribution in [0.4, 0.5) is 0 Å². The summed E-state index contributed by atoms with van der Waals surface area (Å²) in [6.45, 7) is 0.962. The van der Waals surface area contributed by atoms with E-state index in [1.165, 1.54) is 17.9 Å². The van der Waals surface area contributed by atoms with Crippen molar-refractivity contribution in [1.29, 1.82) is 0 Å². The third-order valence-electron chi connectivity index (χ3n) is 3.45. The number of aromatic nitrogens is 2. The summed E-state index contributed by atoms with van der Waals surface area (Å²) in [6, 6.07) is 3.71. The second kappa shape index (κ2) is 5.72. The first-order valence-electron chi connectivity index (χ1n) is 6.17. The van der Waals surface area contributed by atoms with Crippen LogP contribution in [0.2, 0.25) is 10.0 Å². The highest BCUT2D eigenvalue weighted by atomic mass is 35.5. The van der Waals surface area contributed by atoms with Gasteiger partial charge in [-0.2, -0.15) is 11.8 Å². The van der Waals surface area contributed by atoms with Crippen LogP contribution in [0.5, 0.6) is 0 Å². The van der Waals surface area contributed by atoms with E-state index in [1.54, 1.807) is 0 Å². The predicted molar refractivity (Wildman–Crippen MR) is 84.7 cm³/mol. The molecule has 102 valence electrons. The fourth-order valence-electron chi connectivity index (χ4n) is 2.46. The van der Waals surface area contributed by atoms with Crippen molar-refractivity contribution in [3.63, 3.8) is 0 Å². The van der Waals surface area contributed by atoms with Gasteiger partial charge in [-0.15, -0.1) is 11.6 Å². The zero-order valence-electron chi connectivity index (χ0n) is 10.2. The number of nitrogens with zero attached hydrogens (tertiary/aromatic N) is 2. The van der Waals surface area contributed by atoms with Crippen LogP contribution >= 0.6 is 46.6 Å². The van der Waals surface area contributed by atoms with Crippen LogP contribution < -0.4 is 0 Å². The minimum Gasteiger partial charge on any atom is -0.327 e. The molecule has 1 aliphatic heterocycles. The van der Waals surface area contributed by atoms with Gasteiger partial charge in [-0.3, -0.25) is 0 Å². The summed E-state index contributed by atoms with van der Waals surface area (Å²) in [5, 5.41) is 1.11. The van der Waals surface area contributed by atoms with E-state index in [0.29, 0.717) is 21.8 Å². The van der Waals surface area contributed by atoms with Crippen molar-refractivity contribution >= 4 is 57.6 Å². The molecule has 6 heteroatoms. The maximum atomic E-state index is 6.12. The lowest BCUT2D eigenvalue weighted by Crippen LogP contribution is -2.12. The van der Waals surface area contributed by atoms with Gasteiger partial charge in [-0.05, 0) is 36.0 Å². The van der Waals surface area contributed by atoms with Gasteiger partial charge in [0.1, 0.15) is 5.82 Å². The normalized spacial score (nSPS) is 19.4. The molecule has 2 heterocycles. The van der Waals surface area contributed by atoms with Crippen molar-refractivity contribution in [3.8, 4) is 0 Å². The largest absolute Gasteiger partial charge is 0.327 e. The predicted octanol–water partition coefficient (Wildman–Crippen LogP) is 4.84. The Hall–Kier alpha value is -0.0900. The molecule has 1 unspecified atom stereocenters. The number of halogens is 3. The van der Waals surface area contributed by atoms with Crippen LogP contribution in [0, 0.1) is 5.92 Å². The highest BCUT2D eigenvalue weighted by molar-refractivity contribution is 7.99. The number of thioether (sulfide) groups is 1. The molecule has 1 fully saturated rings. The van der Waals surface area contributed by atoms with E-state index in [1.807, 2.05) is 23.9 Å². The van der Waals surface area contributed by atoms with Gasteiger partial charge in [0.05, 0.1) is 27.0 Å². The molecule has 3 rings (SSSR count). The summed E-state index contributed by atoms with van der Waals surface area (Å²) >= 11 is 20.2. The van der Waals surface area contributed by atoms with Crippen LogP contribution in [0.3, 0.4) is 0 Å². The minimum atomic E-state index is 0.407. The summed E-state index contributed by atoms with van der Waals surface area (Å²) in [4.78, 5) is 4.56. The van der Waals surface area contributed by atoms with Crippen LogP contribution in [0.1, 0.15) is 12.2 Å². The third kappa shape index (κ3) is 2.71. The molecule has 2 aromatic rings. The lowest BCUT2D eigenvalue weighted by Gasteiger charge is -2.13. The molecular formula is C13H13Cl3N2S. The SMILES string of the molecule is ClCc1nc2cc(Cl)c(Cl)cc2n1CC1CCSC1. The fourth-order valence-corrected chi connectivity index (χ4v) is 4.25. The van der Waals surface area contributed by atoms with Crippen molar-refractivity contribution in [3.05, 3.63) is 28.0 Å². The lowest BCUT2D eigenvalue weighted by atomic mass is 10.1. The number of imidazole rings is 1. The molecule has 0 saturated carbocycles. The van der Waals surface area contributed by atoms with Crippen molar-refractivity contribution < 1.29 is 0 Å². The highest BCUT2D eigenvalue weighted by Gasteiger charge is 2.20. The van der Waals surface area contributed by atoms with Gasteiger partial charge in [0, 0.05) is 6.54 Å². The topological polar surface area (TPSA) is 17.8 Å². The Morgan fingerprint density at radius 1 is 1.32 bits per heavy atom. The quantitative estimate of drug-likeness (QED) is 0.747. The molecule has 2 nitrogen and oxygen atoms in total. The monoisotopic (exact) mass is 334 g/mol. The molecule has 1 saturated heterocycles. The van der Waals surface area contributed by atoms with Crippen molar-refractivity contribution in [2.75, 3.05) is 11.5 Å². The Morgan fingerprint density at radius 2 is 2.11 bits per heavy atom. The van der Waals surface area contributed by atoms with E-state index in [0.717, 1.165) is 23.4 Å². The number of rotatable bonds is 3. The first-order valence-corrected chi connectivity index (χ1v) is 8.61. The van der Waals surface area contributed by atoms with Crippen LogP contribution in [-0.2, 0) is 12.4 Å². The highest BCUT2D eigenvalue weighted by Crippen LogP contribution is 2.31. The molecule has 1 aromatic heterocycles. The van der Waals surface area contributed by atoms with Gasteiger partial charge in [0.2, 0.25) is 0 Å². The number of fused-ring (bicyclic) bond motifs is 1. The molecule has 0 N–H and O–H groups in total. The van der Waals surface area contributed by atoms with Crippen molar-refractivity contribution in [1.82, 2.24) is 9.55 Å². The van der Waals surface area contributed by atoms with E-state index in [9.17, 15) is 0 Å². The van der Waals surface area contributed by atoms with Crippen molar-refractivity contribution in [2.45, 2.75) is 18.8 Å². The Bertz CT molecular complexity index is 605. The average molecular weight is 336 g/mol. The Labute approximate surface area is 131 Å². The second-order valence-corrected chi connectivity index (χ2v) is 6.99. The molecule has 1 atom stereocenters. The van der Waals surface area contributed by atoms with Gasteiger partial charge in [-0.1, -0.05) is 23.2 Å². The van der Waals surface area contributed by atoms with Crippen LogP contribution in [0.25, 0.3) is 11.0 Å². The molecule has 0 radical (unpaired) electrons. The van der Waals surface area contributed by atoms with E-state index in [2.05, 4.69) is 9.55 Å². The molecule has 0 spiro atoms. The average Bonchev–Trinajstić information content (AvgIpc) is 3.00. The summed E-state index contributed by atoms with van der Waals surface area (Å²) in [5.74, 6) is 4.46. The maximum absolute atomic E-state index is 6.12.